The van der Waals surface area contributed by atoms with Crippen LogP contribution in [0, 0.1) is 0 Å². The lowest BCUT2D eigenvalue weighted by Crippen LogP contribution is -2.37. The maximum absolute atomic E-state index is 12.0. The van der Waals surface area contributed by atoms with Crippen molar-refractivity contribution >= 4 is 17.2 Å². The highest BCUT2D eigenvalue weighted by atomic mass is 32.1. The van der Waals surface area contributed by atoms with E-state index in [0.717, 1.165) is 31.6 Å². The first-order valence-corrected chi connectivity index (χ1v) is 7.06. The monoisotopic (exact) mass is 253 g/mol. The van der Waals surface area contributed by atoms with Crippen LogP contribution in [0.1, 0.15) is 24.8 Å². The summed E-state index contributed by atoms with van der Waals surface area (Å²) < 4.78 is 5.64. The van der Waals surface area contributed by atoms with E-state index < -0.39 is 0 Å². The van der Waals surface area contributed by atoms with Gasteiger partial charge in [0, 0.05) is 20.2 Å². The van der Waals surface area contributed by atoms with Gasteiger partial charge in [-0.25, -0.2) is 0 Å². The number of carbonyl (C=O) groups is 1. The fourth-order valence-corrected chi connectivity index (χ4v) is 2.73. The summed E-state index contributed by atoms with van der Waals surface area (Å²) in [6.07, 6.45) is 4.20. The molecule has 0 N–H and O–H groups in total. The van der Waals surface area contributed by atoms with Crippen molar-refractivity contribution in [2.24, 2.45) is 0 Å². The molecular formula is C13H19NO2S. The number of rotatable bonds is 4. The van der Waals surface area contributed by atoms with E-state index in [9.17, 15) is 4.79 Å². The van der Waals surface area contributed by atoms with Gasteiger partial charge in [0.05, 0.1) is 12.5 Å². The predicted molar refractivity (Wildman–Crippen MR) is 69.3 cm³/mol. The average Bonchev–Trinajstić information content (AvgIpc) is 2.83. The number of amides is 1. The molecule has 0 saturated carbocycles. The smallest absolute Gasteiger partial charge is 0.226 e. The quantitative estimate of drug-likeness (QED) is 0.824. The van der Waals surface area contributed by atoms with Gasteiger partial charge in [-0.2, -0.15) is 11.3 Å². The lowest BCUT2D eigenvalue weighted by molar-refractivity contribution is -0.131. The number of ether oxygens (including phenoxy) is 1. The summed E-state index contributed by atoms with van der Waals surface area (Å²) >= 11 is 1.63. The van der Waals surface area contributed by atoms with E-state index in [1.54, 1.807) is 16.2 Å². The van der Waals surface area contributed by atoms with Crippen LogP contribution in [0.2, 0.25) is 0 Å². The normalized spacial score (nSPS) is 20.2. The second-order valence-electron chi connectivity index (χ2n) is 4.57. The highest BCUT2D eigenvalue weighted by molar-refractivity contribution is 7.07. The van der Waals surface area contributed by atoms with Gasteiger partial charge >= 0.3 is 0 Å². The maximum atomic E-state index is 12.0. The molecule has 1 aliphatic rings. The Bertz CT molecular complexity index is 344. The molecule has 1 aromatic rings. The Hall–Kier alpha value is -0.870. The van der Waals surface area contributed by atoms with E-state index in [1.165, 1.54) is 6.42 Å². The lowest BCUT2D eigenvalue weighted by atomic mass is 10.1. The van der Waals surface area contributed by atoms with Crippen molar-refractivity contribution in [2.45, 2.75) is 31.8 Å². The number of thiophene rings is 1. The third-order valence-electron chi connectivity index (χ3n) is 3.11. The average molecular weight is 253 g/mol. The zero-order valence-electron chi connectivity index (χ0n) is 10.2. The number of hydrogen-bond acceptors (Lipinski definition) is 3. The molecule has 0 aliphatic carbocycles. The van der Waals surface area contributed by atoms with Gasteiger partial charge in [-0.05, 0) is 41.7 Å². The van der Waals surface area contributed by atoms with Crippen LogP contribution in [0.4, 0.5) is 0 Å². The summed E-state index contributed by atoms with van der Waals surface area (Å²) in [7, 11) is 1.87. The Morgan fingerprint density at radius 1 is 1.59 bits per heavy atom. The van der Waals surface area contributed by atoms with Crippen molar-refractivity contribution in [1.29, 1.82) is 0 Å². The Kier molecular flexibility index (Phi) is 4.57. The van der Waals surface area contributed by atoms with Crippen LogP contribution in [0.15, 0.2) is 16.8 Å². The first-order chi connectivity index (χ1) is 8.25. The minimum atomic E-state index is 0.178. The molecule has 1 fully saturated rings. The number of hydrogen-bond donors (Lipinski definition) is 0. The molecule has 1 amide bonds. The number of carbonyl (C=O) groups excluding carboxylic acids is 1. The molecule has 0 aromatic carbocycles. The van der Waals surface area contributed by atoms with Crippen molar-refractivity contribution < 1.29 is 9.53 Å². The fourth-order valence-electron chi connectivity index (χ4n) is 2.06. The van der Waals surface area contributed by atoms with Crippen molar-refractivity contribution in [2.75, 3.05) is 20.2 Å². The molecule has 0 radical (unpaired) electrons. The van der Waals surface area contributed by atoms with Crippen LogP contribution >= 0.6 is 11.3 Å². The second-order valence-corrected chi connectivity index (χ2v) is 5.35. The van der Waals surface area contributed by atoms with Crippen molar-refractivity contribution in [1.82, 2.24) is 4.90 Å². The van der Waals surface area contributed by atoms with Crippen molar-refractivity contribution in [3.05, 3.63) is 22.4 Å². The van der Waals surface area contributed by atoms with Gasteiger partial charge in [0.1, 0.15) is 0 Å². The zero-order valence-corrected chi connectivity index (χ0v) is 11.0. The summed E-state index contributed by atoms with van der Waals surface area (Å²) in [6.45, 7) is 1.57. The zero-order chi connectivity index (χ0) is 12.1. The van der Waals surface area contributed by atoms with Gasteiger partial charge in [-0.1, -0.05) is 0 Å². The minimum Gasteiger partial charge on any atom is -0.376 e. The summed E-state index contributed by atoms with van der Waals surface area (Å²) in [4.78, 5) is 13.8. The molecule has 2 rings (SSSR count). The third kappa shape index (κ3) is 3.82. The third-order valence-corrected chi connectivity index (χ3v) is 3.84. The first kappa shape index (κ1) is 12.6. The minimum absolute atomic E-state index is 0.178. The van der Waals surface area contributed by atoms with Crippen LogP contribution in [0.25, 0.3) is 0 Å². The highest BCUT2D eigenvalue weighted by Crippen LogP contribution is 2.14. The SMILES string of the molecule is CN(C[C@H]1CCCCO1)C(=O)Cc1ccsc1. The van der Waals surface area contributed by atoms with Crippen molar-refractivity contribution in [3.8, 4) is 0 Å². The maximum Gasteiger partial charge on any atom is 0.226 e. The molecule has 3 nitrogen and oxygen atoms in total. The Morgan fingerprint density at radius 3 is 3.12 bits per heavy atom. The van der Waals surface area contributed by atoms with Gasteiger partial charge in [0.25, 0.3) is 0 Å². The molecule has 0 unspecified atom stereocenters. The highest BCUT2D eigenvalue weighted by Gasteiger charge is 2.18. The summed E-state index contributed by atoms with van der Waals surface area (Å²) in [5, 5.41) is 4.04. The Labute approximate surface area is 106 Å². The molecule has 0 bridgehead atoms. The molecule has 1 aromatic heterocycles. The van der Waals surface area contributed by atoms with E-state index >= 15 is 0 Å². The van der Waals surface area contributed by atoms with E-state index in [2.05, 4.69) is 0 Å². The van der Waals surface area contributed by atoms with Crippen molar-refractivity contribution in [3.63, 3.8) is 0 Å². The van der Waals surface area contributed by atoms with Gasteiger partial charge < -0.3 is 9.64 Å². The lowest BCUT2D eigenvalue weighted by Gasteiger charge is -2.27. The molecule has 4 heteroatoms. The fraction of sp³-hybridized carbons (Fsp3) is 0.615. The van der Waals surface area contributed by atoms with Gasteiger partial charge in [0.2, 0.25) is 5.91 Å². The van der Waals surface area contributed by atoms with Crippen LogP contribution in [0.5, 0.6) is 0 Å². The van der Waals surface area contributed by atoms with Gasteiger partial charge in [-0.3, -0.25) is 4.79 Å². The largest absolute Gasteiger partial charge is 0.376 e. The second kappa shape index (κ2) is 6.17. The molecule has 1 atom stereocenters. The van der Waals surface area contributed by atoms with Crippen LogP contribution in [-0.4, -0.2) is 37.1 Å². The Balaban J connectivity index is 1.78. The predicted octanol–water partition coefficient (Wildman–Crippen LogP) is 2.32. The van der Waals surface area contributed by atoms with Gasteiger partial charge in [-0.15, -0.1) is 0 Å². The van der Waals surface area contributed by atoms with E-state index in [1.807, 2.05) is 23.9 Å². The summed E-state index contributed by atoms with van der Waals surface area (Å²) in [5.74, 6) is 0.178. The van der Waals surface area contributed by atoms with Gasteiger partial charge in [0.15, 0.2) is 0 Å². The number of nitrogens with zero attached hydrogens (tertiary/aromatic N) is 1. The topological polar surface area (TPSA) is 29.5 Å². The number of likely N-dealkylation sites (N-methyl/N-ethyl adjacent to an activating group) is 1. The molecule has 17 heavy (non-hydrogen) atoms. The van der Waals surface area contributed by atoms with E-state index in [-0.39, 0.29) is 12.0 Å². The van der Waals surface area contributed by atoms with Crippen LogP contribution in [-0.2, 0) is 16.0 Å². The Morgan fingerprint density at radius 2 is 2.47 bits per heavy atom. The molecule has 94 valence electrons. The van der Waals surface area contributed by atoms with E-state index in [4.69, 9.17) is 4.74 Å². The molecule has 0 spiro atoms. The molecule has 1 aliphatic heterocycles. The molecule has 2 heterocycles. The standard InChI is InChI=1S/C13H19NO2S/c1-14(9-12-4-2-3-6-16-12)13(15)8-11-5-7-17-10-11/h5,7,10,12H,2-4,6,8-9H2,1H3/t12-/m1/s1. The van der Waals surface area contributed by atoms with Crippen LogP contribution < -0.4 is 0 Å². The van der Waals surface area contributed by atoms with E-state index in [0.29, 0.717) is 6.42 Å². The molecule has 1 saturated heterocycles. The molecular weight excluding hydrogens is 234 g/mol. The first-order valence-electron chi connectivity index (χ1n) is 6.12. The summed E-state index contributed by atoms with van der Waals surface area (Å²) in [5.41, 5.74) is 1.11. The van der Waals surface area contributed by atoms with Crippen LogP contribution in [0.3, 0.4) is 0 Å². The summed E-state index contributed by atoms with van der Waals surface area (Å²) in [6, 6.07) is 2.01.